The van der Waals surface area contributed by atoms with Crippen LogP contribution in [0.1, 0.15) is 36.8 Å². The fourth-order valence-electron chi connectivity index (χ4n) is 4.41. The zero-order valence-electron chi connectivity index (χ0n) is 21.0. The van der Waals surface area contributed by atoms with Crippen LogP contribution in [0.5, 0.6) is 0 Å². The van der Waals surface area contributed by atoms with Crippen molar-refractivity contribution in [1.29, 1.82) is 0 Å². The van der Waals surface area contributed by atoms with Crippen molar-refractivity contribution in [3.05, 3.63) is 70.8 Å². The van der Waals surface area contributed by atoms with Gasteiger partial charge >= 0.3 is 0 Å². The predicted octanol–water partition coefficient (Wildman–Crippen LogP) is 5.02. The van der Waals surface area contributed by atoms with Gasteiger partial charge in [0.05, 0.1) is 0 Å². The highest BCUT2D eigenvalue weighted by Gasteiger charge is 2.21. The summed E-state index contributed by atoms with van der Waals surface area (Å²) in [4.78, 5) is 15.6. The van der Waals surface area contributed by atoms with Gasteiger partial charge < -0.3 is 11.1 Å². The Kier molecular flexibility index (Phi) is 15.5. The molecule has 2 aliphatic heterocycles. The van der Waals surface area contributed by atoms with Gasteiger partial charge in [-0.1, -0.05) is 12.1 Å². The van der Waals surface area contributed by atoms with Crippen LogP contribution in [0.25, 0.3) is 0 Å². The van der Waals surface area contributed by atoms with E-state index in [0.717, 1.165) is 69.1 Å². The molecule has 0 aromatic heterocycles. The molecule has 0 radical (unpaired) electrons. The number of alkyl halides is 1. The second kappa shape index (κ2) is 17.2. The van der Waals surface area contributed by atoms with Crippen molar-refractivity contribution in [3.63, 3.8) is 0 Å². The number of piperidine rings is 2. The number of amides is 1. The van der Waals surface area contributed by atoms with Crippen LogP contribution in [0.4, 0.5) is 17.6 Å². The van der Waals surface area contributed by atoms with Crippen LogP contribution in [0, 0.1) is 23.3 Å². The van der Waals surface area contributed by atoms with E-state index >= 15 is 0 Å². The van der Waals surface area contributed by atoms with Gasteiger partial charge in [-0.15, -0.1) is 36.4 Å². The molecule has 0 unspecified atom stereocenters. The number of hydrogen-bond donors (Lipinski definition) is 2. The highest BCUT2D eigenvalue weighted by Crippen LogP contribution is 2.17. The van der Waals surface area contributed by atoms with E-state index in [1.165, 1.54) is 18.2 Å². The Hall–Kier alpha value is -1.62. The molecule has 5 nitrogen and oxygen atoms in total. The molecule has 2 fully saturated rings. The molecule has 2 aliphatic rings. The zero-order valence-corrected chi connectivity index (χ0v) is 23.4. The molecule has 0 saturated carbocycles. The van der Waals surface area contributed by atoms with Crippen molar-refractivity contribution in [2.45, 2.75) is 50.9 Å². The molecule has 1 amide bonds. The molecule has 0 aliphatic carbocycles. The van der Waals surface area contributed by atoms with Crippen molar-refractivity contribution in [2.75, 3.05) is 32.1 Å². The Morgan fingerprint density at radius 2 is 1.21 bits per heavy atom. The van der Waals surface area contributed by atoms with Crippen molar-refractivity contribution in [1.82, 2.24) is 15.1 Å². The van der Waals surface area contributed by atoms with E-state index in [1.807, 2.05) is 0 Å². The number of rotatable bonds is 6. The summed E-state index contributed by atoms with van der Waals surface area (Å²) in [6, 6.07) is 8.51. The molecule has 12 heteroatoms. The number of hydrogen-bond acceptors (Lipinski definition) is 4. The summed E-state index contributed by atoms with van der Waals surface area (Å²) in [5.74, 6) is -3.36. The average Bonchev–Trinajstić information content (AvgIpc) is 2.87. The molecular formula is C26H35Cl3F4N4O. The van der Waals surface area contributed by atoms with Gasteiger partial charge in [0, 0.05) is 38.3 Å². The minimum Gasteiger partial charge on any atom is -0.352 e. The summed E-state index contributed by atoms with van der Waals surface area (Å²) in [5, 5.41) is 2.86. The molecule has 0 atom stereocenters. The fourth-order valence-corrected chi connectivity index (χ4v) is 4.48. The van der Waals surface area contributed by atoms with E-state index in [0.29, 0.717) is 19.1 Å². The number of halogens is 7. The topological polar surface area (TPSA) is 61.6 Å². The quantitative estimate of drug-likeness (QED) is 0.361. The molecule has 0 spiro atoms. The van der Waals surface area contributed by atoms with Crippen molar-refractivity contribution in [2.24, 2.45) is 5.73 Å². The lowest BCUT2D eigenvalue weighted by Crippen LogP contribution is -2.44. The highest BCUT2D eigenvalue weighted by atomic mass is 35.5. The van der Waals surface area contributed by atoms with E-state index < -0.39 is 23.3 Å². The summed E-state index contributed by atoms with van der Waals surface area (Å²) in [6.07, 6.45) is 3.63. The van der Waals surface area contributed by atoms with Gasteiger partial charge in [-0.25, -0.2) is 17.6 Å². The number of nitrogens with two attached hydrogens (primary N) is 1. The number of benzene rings is 2. The average molecular weight is 602 g/mol. The van der Waals surface area contributed by atoms with E-state index in [-0.39, 0.29) is 42.6 Å². The monoisotopic (exact) mass is 600 g/mol. The van der Waals surface area contributed by atoms with Gasteiger partial charge in [0.1, 0.15) is 5.88 Å². The van der Waals surface area contributed by atoms with E-state index in [9.17, 15) is 22.4 Å². The largest absolute Gasteiger partial charge is 0.352 e. The SMILES string of the molecule is Cl.Cl.NC1CCN(Cc2ccc(F)c(F)c2)CC1.O=C(CCl)NC1CCN(Cc2ccc(F)c(F)c2)CC1. The van der Waals surface area contributed by atoms with Crippen molar-refractivity contribution >= 4 is 42.3 Å². The van der Waals surface area contributed by atoms with Crippen LogP contribution in [-0.4, -0.2) is 59.8 Å². The van der Waals surface area contributed by atoms with Crippen molar-refractivity contribution in [3.8, 4) is 0 Å². The Morgan fingerprint density at radius 3 is 1.61 bits per heavy atom. The van der Waals surface area contributed by atoms with Crippen LogP contribution in [-0.2, 0) is 17.9 Å². The number of carbonyl (C=O) groups is 1. The molecule has 2 aromatic rings. The first-order valence-corrected chi connectivity index (χ1v) is 12.7. The summed E-state index contributed by atoms with van der Waals surface area (Å²) in [5.41, 5.74) is 7.37. The lowest BCUT2D eigenvalue weighted by Gasteiger charge is -2.32. The molecule has 3 N–H and O–H groups in total. The minimum atomic E-state index is -0.823. The lowest BCUT2D eigenvalue weighted by atomic mass is 10.0. The summed E-state index contributed by atoms with van der Waals surface area (Å²) in [7, 11) is 0. The summed E-state index contributed by atoms with van der Waals surface area (Å²) in [6.45, 7) is 4.75. The van der Waals surface area contributed by atoms with Gasteiger partial charge in [0.2, 0.25) is 5.91 Å². The van der Waals surface area contributed by atoms with Gasteiger partial charge in [0.15, 0.2) is 23.3 Å². The molecule has 2 saturated heterocycles. The zero-order chi connectivity index (χ0) is 26.1. The number of likely N-dealkylation sites (tertiary alicyclic amines) is 2. The van der Waals surface area contributed by atoms with Crippen LogP contribution < -0.4 is 11.1 Å². The van der Waals surface area contributed by atoms with E-state index in [2.05, 4.69) is 15.1 Å². The summed E-state index contributed by atoms with van der Waals surface area (Å²) >= 11 is 5.45. The number of nitrogens with zero attached hydrogens (tertiary/aromatic N) is 2. The van der Waals surface area contributed by atoms with Gasteiger partial charge in [-0.3, -0.25) is 14.6 Å². The second-order valence-electron chi connectivity index (χ2n) is 9.36. The third-order valence-electron chi connectivity index (χ3n) is 6.49. The Balaban J connectivity index is 0.000000368. The molecular weight excluding hydrogens is 567 g/mol. The molecule has 2 heterocycles. The van der Waals surface area contributed by atoms with Crippen LogP contribution in [0.15, 0.2) is 36.4 Å². The third kappa shape index (κ3) is 11.2. The Bertz CT molecular complexity index is 1000. The predicted molar refractivity (Wildman–Crippen MR) is 147 cm³/mol. The lowest BCUT2D eigenvalue weighted by molar-refractivity contribution is -0.119. The maximum atomic E-state index is 13.1. The smallest absolute Gasteiger partial charge is 0.235 e. The second-order valence-corrected chi connectivity index (χ2v) is 9.63. The Labute approximate surface area is 238 Å². The highest BCUT2D eigenvalue weighted by molar-refractivity contribution is 6.27. The normalized spacial score (nSPS) is 17.0. The van der Waals surface area contributed by atoms with E-state index in [1.54, 1.807) is 12.1 Å². The van der Waals surface area contributed by atoms with Gasteiger partial charge in [-0.05, 0) is 74.2 Å². The minimum absolute atomic E-state index is 0. The number of nitrogens with one attached hydrogen (secondary N) is 1. The van der Waals surface area contributed by atoms with Crippen LogP contribution in [0.2, 0.25) is 0 Å². The van der Waals surface area contributed by atoms with E-state index in [4.69, 9.17) is 17.3 Å². The third-order valence-corrected chi connectivity index (χ3v) is 6.73. The first kappa shape index (κ1) is 34.4. The first-order valence-electron chi connectivity index (χ1n) is 12.2. The van der Waals surface area contributed by atoms with Crippen LogP contribution >= 0.6 is 36.4 Å². The molecule has 2 aromatic carbocycles. The standard InChI is InChI=1S/C14H17ClF2N2O.C12H16F2N2.2ClH/c15-8-14(20)18-11-3-5-19(6-4-11)9-10-1-2-12(16)13(17)7-10;13-11-2-1-9(7-12(11)14)8-16-5-3-10(15)4-6-16;;/h1-2,7,11H,3-6,8-9H2,(H,18,20);1-2,7,10H,3-6,8,15H2;2*1H. The van der Waals surface area contributed by atoms with Crippen LogP contribution in [0.3, 0.4) is 0 Å². The fraction of sp³-hybridized carbons (Fsp3) is 0.500. The molecule has 214 valence electrons. The molecule has 4 rings (SSSR count). The maximum absolute atomic E-state index is 13.1. The number of carbonyl (C=O) groups excluding carboxylic acids is 1. The van der Waals surface area contributed by atoms with Crippen molar-refractivity contribution < 1.29 is 22.4 Å². The molecule has 0 bridgehead atoms. The first-order chi connectivity index (χ1) is 17.2. The maximum Gasteiger partial charge on any atom is 0.235 e. The summed E-state index contributed by atoms with van der Waals surface area (Å²) < 4.78 is 51.7. The Morgan fingerprint density at radius 1 is 0.789 bits per heavy atom. The van der Waals surface area contributed by atoms with Gasteiger partial charge in [-0.2, -0.15) is 0 Å². The van der Waals surface area contributed by atoms with Gasteiger partial charge in [0.25, 0.3) is 0 Å². The molecule has 38 heavy (non-hydrogen) atoms.